The van der Waals surface area contributed by atoms with Crippen LogP contribution in [0.3, 0.4) is 0 Å². The molecule has 1 amide bonds. The number of ether oxygens (including phenoxy) is 2. The fourth-order valence-electron chi connectivity index (χ4n) is 3.59. The minimum Gasteiger partial charge on any atom is -0.497 e. The van der Waals surface area contributed by atoms with Crippen LogP contribution in [0.5, 0.6) is 17.2 Å². The van der Waals surface area contributed by atoms with Gasteiger partial charge in [-0.25, -0.2) is 0 Å². The number of nitro groups is 1. The highest BCUT2D eigenvalue weighted by atomic mass is 35.5. The highest BCUT2D eigenvalue weighted by molar-refractivity contribution is 6.37. The molecule has 0 spiro atoms. The Morgan fingerprint density at radius 3 is 2.50 bits per heavy atom. The van der Waals surface area contributed by atoms with Crippen LogP contribution in [0.15, 0.2) is 54.6 Å². The number of fused-ring (bicyclic) bond motifs is 1. The van der Waals surface area contributed by atoms with Crippen LogP contribution in [0, 0.1) is 10.1 Å². The summed E-state index contributed by atoms with van der Waals surface area (Å²) in [5.41, 5.74) is 2.22. The van der Waals surface area contributed by atoms with Crippen molar-refractivity contribution >= 4 is 34.8 Å². The van der Waals surface area contributed by atoms with Crippen molar-refractivity contribution in [2.24, 2.45) is 0 Å². The normalized spacial score (nSPS) is 13.0. The molecule has 3 aromatic carbocycles. The van der Waals surface area contributed by atoms with E-state index in [0.29, 0.717) is 30.8 Å². The molecule has 164 valence electrons. The number of carbonyl (C=O) groups is 1. The summed E-state index contributed by atoms with van der Waals surface area (Å²) < 4.78 is 11.1. The molecule has 4 rings (SSSR count). The second-order valence-electron chi connectivity index (χ2n) is 7.24. The fraction of sp³-hybridized carbons (Fsp3) is 0.174. The summed E-state index contributed by atoms with van der Waals surface area (Å²) in [6.45, 7) is 1.05. The van der Waals surface area contributed by atoms with Gasteiger partial charge in [0.2, 0.25) is 0 Å². The van der Waals surface area contributed by atoms with Crippen LogP contribution in [0.4, 0.5) is 5.69 Å². The van der Waals surface area contributed by atoms with Gasteiger partial charge in [0.1, 0.15) is 11.5 Å². The van der Waals surface area contributed by atoms with Crippen molar-refractivity contribution in [2.45, 2.75) is 13.0 Å². The summed E-state index contributed by atoms with van der Waals surface area (Å²) in [6.07, 6.45) is 0.657. The molecule has 0 aromatic heterocycles. The summed E-state index contributed by atoms with van der Waals surface area (Å²) in [6, 6.07) is 15.1. The predicted octanol–water partition coefficient (Wildman–Crippen LogP) is 5.90. The molecule has 0 saturated carbocycles. The number of nitro benzene ring substituents is 1. The standard InChI is InChI=1S/C23H18Cl2N2O5/c1-31-17-4-2-3-14(9-17)13-26-8-7-15-10-18(5-6-19(15)23(26)28)32-22-20(24)11-16(27(29)30)12-21(22)25/h2-6,9-12H,7-8,13H2,1H3. The second kappa shape index (κ2) is 9.06. The Labute approximate surface area is 194 Å². The molecule has 0 unspecified atom stereocenters. The number of benzene rings is 3. The molecule has 7 nitrogen and oxygen atoms in total. The van der Waals surface area contributed by atoms with Crippen LogP contribution in [0.2, 0.25) is 10.0 Å². The van der Waals surface area contributed by atoms with Crippen LogP contribution in [-0.2, 0) is 13.0 Å². The third kappa shape index (κ3) is 4.49. The van der Waals surface area contributed by atoms with Gasteiger partial charge in [0.05, 0.1) is 22.1 Å². The predicted molar refractivity (Wildman–Crippen MR) is 121 cm³/mol. The molecule has 0 N–H and O–H groups in total. The Morgan fingerprint density at radius 2 is 1.81 bits per heavy atom. The van der Waals surface area contributed by atoms with E-state index in [1.54, 1.807) is 30.2 Å². The summed E-state index contributed by atoms with van der Waals surface area (Å²) in [5, 5.41) is 11.0. The van der Waals surface area contributed by atoms with Crippen LogP contribution >= 0.6 is 23.2 Å². The van der Waals surface area contributed by atoms with Crippen molar-refractivity contribution in [1.82, 2.24) is 4.90 Å². The molecule has 0 bridgehead atoms. The minimum atomic E-state index is -0.580. The minimum absolute atomic E-state index is 0.0301. The number of nitrogens with zero attached hydrogens (tertiary/aromatic N) is 2. The molecule has 0 aliphatic carbocycles. The van der Waals surface area contributed by atoms with E-state index < -0.39 is 4.92 Å². The summed E-state index contributed by atoms with van der Waals surface area (Å²) in [7, 11) is 1.61. The molecule has 1 aliphatic heterocycles. The molecule has 0 radical (unpaired) electrons. The molecule has 0 fully saturated rings. The fourth-order valence-corrected chi connectivity index (χ4v) is 4.14. The Hall–Kier alpha value is -3.29. The number of halogens is 2. The zero-order valence-electron chi connectivity index (χ0n) is 17.0. The van der Waals surface area contributed by atoms with Crippen molar-refractivity contribution in [1.29, 1.82) is 0 Å². The molecular formula is C23H18Cl2N2O5. The van der Waals surface area contributed by atoms with E-state index in [9.17, 15) is 14.9 Å². The Bertz CT molecular complexity index is 1190. The van der Waals surface area contributed by atoms with Crippen molar-refractivity contribution in [3.8, 4) is 17.2 Å². The Kier molecular flexibility index (Phi) is 6.21. The molecular weight excluding hydrogens is 455 g/mol. The van der Waals surface area contributed by atoms with Crippen molar-refractivity contribution in [2.75, 3.05) is 13.7 Å². The largest absolute Gasteiger partial charge is 0.497 e. The maximum atomic E-state index is 13.0. The highest BCUT2D eigenvalue weighted by Crippen LogP contribution is 2.40. The molecule has 32 heavy (non-hydrogen) atoms. The molecule has 0 saturated heterocycles. The van der Waals surface area contributed by atoms with Gasteiger partial charge in [-0.05, 0) is 47.9 Å². The summed E-state index contributed by atoms with van der Waals surface area (Å²) in [5.74, 6) is 1.25. The van der Waals surface area contributed by atoms with E-state index in [0.717, 1.165) is 16.9 Å². The van der Waals surface area contributed by atoms with Gasteiger partial charge in [0, 0.05) is 30.8 Å². The number of hydrogen-bond donors (Lipinski definition) is 0. The topological polar surface area (TPSA) is 81.9 Å². The monoisotopic (exact) mass is 472 g/mol. The first kappa shape index (κ1) is 21.9. The first-order valence-electron chi connectivity index (χ1n) is 9.72. The Morgan fingerprint density at radius 1 is 1.06 bits per heavy atom. The molecule has 3 aromatic rings. The first-order valence-corrected chi connectivity index (χ1v) is 10.5. The van der Waals surface area contributed by atoms with E-state index in [1.807, 2.05) is 24.3 Å². The van der Waals surface area contributed by atoms with Gasteiger partial charge in [0.15, 0.2) is 5.75 Å². The van der Waals surface area contributed by atoms with Gasteiger partial charge in [-0.3, -0.25) is 14.9 Å². The first-order chi connectivity index (χ1) is 15.4. The van der Waals surface area contributed by atoms with E-state index in [4.69, 9.17) is 32.7 Å². The van der Waals surface area contributed by atoms with E-state index in [-0.39, 0.29) is 27.4 Å². The highest BCUT2D eigenvalue weighted by Gasteiger charge is 2.25. The van der Waals surface area contributed by atoms with Crippen molar-refractivity contribution in [3.63, 3.8) is 0 Å². The van der Waals surface area contributed by atoms with Crippen molar-refractivity contribution in [3.05, 3.63) is 91.4 Å². The lowest BCUT2D eigenvalue weighted by molar-refractivity contribution is -0.384. The lowest BCUT2D eigenvalue weighted by Crippen LogP contribution is -2.37. The number of rotatable bonds is 6. The van der Waals surface area contributed by atoms with E-state index in [1.165, 1.54) is 12.1 Å². The van der Waals surface area contributed by atoms with E-state index >= 15 is 0 Å². The van der Waals surface area contributed by atoms with Gasteiger partial charge in [-0.15, -0.1) is 0 Å². The SMILES string of the molecule is COc1cccc(CN2CCc3cc(Oc4c(Cl)cc([N+](=O)[O-])cc4Cl)ccc3C2=O)c1. The zero-order valence-corrected chi connectivity index (χ0v) is 18.5. The second-order valence-corrected chi connectivity index (χ2v) is 8.06. The van der Waals surface area contributed by atoms with Gasteiger partial charge in [-0.1, -0.05) is 35.3 Å². The number of amides is 1. The van der Waals surface area contributed by atoms with E-state index in [2.05, 4.69) is 0 Å². The van der Waals surface area contributed by atoms with Crippen LogP contribution < -0.4 is 9.47 Å². The quantitative estimate of drug-likeness (QED) is 0.329. The number of hydrogen-bond acceptors (Lipinski definition) is 5. The smallest absolute Gasteiger partial charge is 0.272 e. The number of carbonyl (C=O) groups excluding carboxylic acids is 1. The third-order valence-electron chi connectivity index (χ3n) is 5.17. The summed E-state index contributed by atoms with van der Waals surface area (Å²) >= 11 is 12.3. The summed E-state index contributed by atoms with van der Waals surface area (Å²) in [4.78, 5) is 25.2. The molecule has 0 atom stereocenters. The van der Waals surface area contributed by atoms with Gasteiger partial charge >= 0.3 is 0 Å². The van der Waals surface area contributed by atoms with Gasteiger partial charge in [-0.2, -0.15) is 0 Å². The molecule has 9 heteroatoms. The van der Waals surface area contributed by atoms with Crippen molar-refractivity contribution < 1.29 is 19.2 Å². The van der Waals surface area contributed by atoms with Crippen LogP contribution in [0.25, 0.3) is 0 Å². The number of non-ortho nitro benzene ring substituents is 1. The maximum Gasteiger partial charge on any atom is 0.272 e. The molecule has 1 aliphatic rings. The Balaban J connectivity index is 1.53. The van der Waals surface area contributed by atoms with Gasteiger partial charge < -0.3 is 14.4 Å². The zero-order chi connectivity index (χ0) is 22.8. The van der Waals surface area contributed by atoms with Gasteiger partial charge in [0.25, 0.3) is 11.6 Å². The average molecular weight is 473 g/mol. The average Bonchev–Trinajstić information content (AvgIpc) is 2.78. The lowest BCUT2D eigenvalue weighted by Gasteiger charge is -2.29. The number of methoxy groups -OCH3 is 1. The third-order valence-corrected chi connectivity index (χ3v) is 5.73. The lowest BCUT2D eigenvalue weighted by atomic mass is 9.98. The molecule has 1 heterocycles. The van der Waals surface area contributed by atoms with Crippen LogP contribution in [-0.4, -0.2) is 29.4 Å². The van der Waals surface area contributed by atoms with Crippen LogP contribution in [0.1, 0.15) is 21.5 Å². The maximum absolute atomic E-state index is 13.0.